The molecule has 0 saturated heterocycles. The lowest BCUT2D eigenvalue weighted by Crippen LogP contribution is -2.51. The highest BCUT2D eigenvalue weighted by Crippen LogP contribution is 2.21. The minimum absolute atomic E-state index is 0.00133. The van der Waals surface area contributed by atoms with Crippen LogP contribution in [0.4, 0.5) is 0 Å². The molecule has 0 unspecified atom stereocenters. The summed E-state index contributed by atoms with van der Waals surface area (Å²) in [6.07, 6.45) is 12.9. The van der Waals surface area contributed by atoms with Gasteiger partial charge in [-0.2, -0.15) is 11.8 Å². The van der Waals surface area contributed by atoms with Gasteiger partial charge in [0.25, 0.3) is 0 Å². The van der Waals surface area contributed by atoms with Gasteiger partial charge in [-0.3, -0.25) is 14.5 Å². The molecule has 3 atom stereocenters. The number of imidazole rings is 1. The first-order valence-electron chi connectivity index (χ1n) is 16.8. The van der Waals surface area contributed by atoms with Crippen molar-refractivity contribution in [3.8, 4) is 0 Å². The van der Waals surface area contributed by atoms with E-state index < -0.39 is 12.0 Å². The van der Waals surface area contributed by atoms with E-state index in [1.54, 1.807) is 24.3 Å². The standard InChI is InChI=1S/C38H53N5O4S/c1-7-29(5)35(41-36(44)20-32-21-39-26-43(32)22-28(4)13-10-12-27(2)3)24-42(25-37(45)40-34(38(46)47)18-19-48-6)23-31-16-11-15-30-14-8-9-17-33(30)31/h8-9,11-12,14-17,21-22,26,29,34-35H,7,10,13,18-20,23-25H2,1-6H3,(H,40,45)(H,41,44)(H,46,47)/b28-22+/t29-,34-,35+/m0/s1. The Morgan fingerprint density at radius 2 is 1.81 bits per heavy atom. The first-order valence-corrected chi connectivity index (χ1v) is 18.2. The number of carbonyl (C=O) groups is 3. The van der Waals surface area contributed by atoms with E-state index in [1.165, 1.54) is 11.1 Å². The van der Waals surface area contributed by atoms with Gasteiger partial charge >= 0.3 is 5.97 Å². The van der Waals surface area contributed by atoms with E-state index in [-0.39, 0.29) is 36.7 Å². The lowest BCUT2D eigenvalue weighted by molar-refractivity contribution is -0.142. The van der Waals surface area contributed by atoms with Crippen molar-refractivity contribution in [3.63, 3.8) is 0 Å². The van der Waals surface area contributed by atoms with Gasteiger partial charge in [-0.1, -0.05) is 80.0 Å². The Morgan fingerprint density at radius 1 is 1.06 bits per heavy atom. The molecule has 0 saturated carbocycles. The number of carboxylic acid groups (broad SMARTS) is 1. The highest BCUT2D eigenvalue weighted by molar-refractivity contribution is 7.98. The number of nitrogens with one attached hydrogen (secondary N) is 2. The van der Waals surface area contributed by atoms with Gasteiger partial charge in [-0.25, -0.2) is 9.78 Å². The average molecular weight is 676 g/mol. The van der Waals surface area contributed by atoms with Crippen LogP contribution < -0.4 is 10.6 Å². The van der Waals surface area contributed by atoms with Crippen LogP contribution in [-0.4, -0.2) is 74.5 Å². The maximum absolute atomic E-state index is 13.5. The summed E-state index contributed by atoms with van der Waals surface area (Å²) in [7, 11) is 0. The largest absolute Gasteiger partial charge is 0.480 e. The first kappa shape index (κ1) is 38.6. The molecule has 2 aromatic carbocycles. The van der Waals surface area contributed by atoms with Gasteiger partial charge in [0.15, 0.2) is 0 Å². The minimum atomic E-state index is -1.04. The number of aliphatic carboxylic acids is 1. The Kier molecular flexibility index (Phi) is 15.9. The molecular weight excluding hydrogens is 623 g/mol. The van der Waals surface area contributed by atoms with E-state index in [2.05, 4.69) is 80.6 Å². The molecule has 48 heavy (non-hydrogen) atoms. The molecule has 1 aromatic heterocycles. The molecular formula is C38H53N5O4S. The van der Waals surface area contributed by atoms with Crippen LogP contribution in [0.2, 0.25) is 0 Å². The Labute approximate surface area is 290 Å². The second-order valence-corrected chi connectivity index (χ2v) is 13.9. The monoisotopic (exact) mass is 675 g/mol. The van der Waals surface area contributed by atoms with E-state index in [0.29, 0.717) is 25.3 Å². The van der Waals surface area contributed by atoms with Crippen molar-refractivity contribution in [3.05, 3.63) is 83.5 Å². The number of nitrogens with zero attached hydrogens (tertiary/aromatic N) is 3. The Morgan fingerprint density at radius 3 is 2.52 bits per heavy atom. The summed E-state index contributed by atoms with van der Waals surface area (Å²) in [6.45, 7) is 11.4. The number of allylic oxidation sites excluding steroid dienone is 3. The molecule has 0 aliphatic rings. The predicted molar refractivity (Wildman–Crippen MR) is 198 cm³/mol. The minimum Gasteiger partial charge on any atom is -0.480 e. The van der Waals surface area contributed by atoms with Crippen LogP contribution in [0, 0.1) is 5.92 Å². The number of thioether (sulfide) groups is 1. The van der Waals surface area contributed by atoms with Gasteiger partial charge in [-0.15, -0.1) is 0 Å². The van der Waals surface area contributed by atoms with Gasteiger partial charge in [0.2, 0.25) is 11.8 Å². The van der Waals surface area contributed by atoms with Crippen molar-refractivity contribution in [2.24, 2.45) is 5.92 Å². The number of hydrogen-bond acceptors (Lipinski definition) is 6. The van der Waals surface area contributed by atoms with Crippen molar-refractivity contribution in [2.45, 2.75) is 85.4 Å². The molecule has 10 heteroatoms. The molecule has 0 bridgehead atoms. The van der Waals surface area contributed by atoms with E-state index in [4.69, 9.17) is 0 Å². The Hall–Kier alpha value is -3.89. The fraction of sp³-hybridized carbons (Fsp3) is 0.474. The number of carboxylic acids is 1. The van der Waals surface area contributed by atoms with E-state index >= 15 is 0 Å². The molecule has 0 radical (unpaired) electrons. The molecule has 9 nitrogen and oxygen atoms in total. The van der Waals surface area contributed by atoms with Crippen LogP contribution in [0.15, 0.2) is 72.2 Å². The van der Waals surface area contributed by atoms with Crippen LogP contribution in [-0.2, 0) is 27.3 Å². The van der Waals surface area contributed by atoms with Crippen LogP contribution in [0.1, 0.15) is 71.6 Å². The zero-order chi connectivity index (χ0) is 35.1. The van der Waals surface area contributed by atoms with E-state index in [1.807, 2.05) is 40.1 Å². The maximum Gasteiger partial charge on any atom is 0.326 e. The summed E-state index contributed by atoms with van der Waals surface area (Å²) in [5.74, 6) is -0.755. The zero-order valence-electron chi connectivity index (χ0n) is 29.4. The second-order valence-electron chi connectivity index (χ2n) is 12.9. The van der Waals surface area contributed by atoms with Crippen LogP contribution in [0.3, 0.4) is 0 Å². The van der Waals surface area contributed by atoms with E-state index in [9.17, 15) is 19.5 Å². The third-order valence-corrected chi connectivity index (χ3v) is 9.20. The molecule has 0 aliphatic carbocycles. The third-order valence-electron chi connectivity index (χ3n) is 8.56. The summed E-state index contributed by atoms with van der Waals surface area (Å²) < 4.78 is 1.92. The van der Waals surface area contributed by atoms with Crippen LogP contribution in [0.25, 0.3) is 17.0 Å². The molecule has 1 heterocycles. The van der Waals surface area contributed by atoms with Gasteiger partial charge in [0.1, 0.15) is 6.04 Å². The van der Waals surface area contributed by atoms with Crippen molar-refractivity contribution in [1.29, 1.82) is 0 Å². The fourth-order valence-electron chi connectivity index (χ4n) is 5.62. The number of amides is 2. The molecule has 0 aliphatic heterocycles. The summed E-state index contributed by atoms with van der Waals surface area (Å²) in [6, 6.07) is 13.1. The van der Waals surface area contributed by atoms with Gasteiger partial charge in [-0.05, 0) is 74.3 Å². The van der Waals surface area contributed by atoms with Gasteiger partial charge < -0.3 is 20.3 Å². The number of benzene rings is 2. The topological polar surface area (TPSA) is 117 Å². The SMILES string of the molecule is CC[C@H](C)[C@@H](CN(CC(=O)N[C@@H](CCSC)C(=O)O)Cc1cccc2ccccc12)NC(=O)Cc1cncn1/C=C(\C)CCC=C(C)C. The fourth-order valence-corrected chi connectivity index (χ4v) is 6.09. The smallest absolute Gasteiger partial charge is 0.326 e. The quantitative estimate of drug-likeness (QED) is 0.117. The summed E-state index contributed by atoms with van der Waals surface area (Å²) in [5.41, 5.74) is 4.35. The van der Waals surface area contributed by atoms with Crippen molar-refractivity contribution >= 4 is 46.5 Å². The van der Waals surface area contributed by atoms with Crippen LogP contribution >= 0.6 is 11.8 Å². The Balaban J connectivity index is 1.81. The number of carbonyl (C=O) groups excluding carboxylic acids is 2. The number of hydrogen-bond donors (Lipinski definition) is 3. The molecule has 3 N–H and O–H groups in total. The molecule has 3 aromatic rings. The lowest BCUT2D eigenvalue weighted by atomic mass is 9.97. The number of aromatic nitrogens is 2. The number of rotatable bonds is 20. The second kappa shape index (κ2) is 19.8. The van der Waals surface area contributed by atoms with Crippen LogP contribution in [0.5, 0.6) is 0 Å². The third kappa shape index (κ3) is 12.6. The van der Waals surface area contributed by atoms with Gasteiger partial charge in [0.05, 0.1) is 25.0 Å². The number of fused-ring (bicyclic) bond motifs is 1. The highest BCUT2D eigenvalue weighted by Gasteiger charge is 2.26. The molecule has 2 amide bonds. The predicted octanol–water partition coefficient (Wildman–Crippen LogP) is 6.54. The molecule has 0 spiro atoms. The van der Waals surface area contributed by atoms with Crippen molar-refractivity contribution in [2.75, 3.05) is 25.1 Å². The highest BCUT2D eigenvalue weighted by atomic mass is 32.2. The lowest BCUT2D eigenvalue weighted by Gasteiger charge is -2.31. The maximum atomic E-state index is 13.5. The van der Waals surface area contributed by atoms with Crippen molar-refractivity contribution in [1.82, 2.24) is 25.1 Å². The average Bonchev–Trinajstić information content (AvgIpc) is 3.47. The summed E-state index contributed by atoms with van der Waals surface area (Å²) in [5, 5.41) is 17.9. The summed E-state index contributed by atoms with van der Waals surface area (Å²) >= 11 is 1.54. The molecule has 0 fully saturated rings. The molecule has 260 valence electrons. The first-order chi connectivity index (χ1) is 23.0. The van der Waals surface area contributed by atoms with Crippen molar-refractivity contribution < 1.29 is 19.5 Å². The summed E-state index contributed by atoms with van der Waals surface area (Å²) in [4.78, 5) is 45.1. The normalized spacial score (nSPS) is 13.6. The van der Waals surface area contributed by atoms with E-state index in [0.717, 1.165) is 41.3 Å². The Bertz CT molecular complexity index is 1560. The van der Waals surface area contributed by atoms with Gasteiger partial charge in [0, 0.05) is 31.5 Å². The molecule has 3 rings (SSSR count). The zero-order valence-corrected chi connectivity index (χ0v) is 30.2.